The molecule has 0 spiro atoms. The highest BCUT2D eigenvalue weighted by molar-refractivity contribution is 6.30. The molecule has 0 aromatic heterocycles. The number of amides is 1. The van der Waals surface area contributed by atoms with E-state index < -0.39 is 0 Å². The lowest BCUT2D eigenvalue weighted by atomic mass is 10.1. The summed E-state index contributed by atoms with van der Waals surface area (Å²) in [6.07, 6.45) is 0. The van der Waals surface area contributed by atoms with E-state index in [1.807, 2.05) is 62.5 Å². The number of carbonyl (C=O) groups excluding carboxylic acids is 1. The molecule has 122 valence electrons. The molecule has 0 saturated carbocycles. The lowest BCUT2D eigenvalue weighted by Crippen LogP contribution is -3.08. The molecule has 2 rings (SSSR count). The van der Waals surface area contributed by atoms with E-state index in [0.29, 0.717) is 11.6 Å². The van der Waals surface area contributed by atoms with Gasteiger partial charge in [0.05, 0.1) is 13.1 Å². The number of hydrogen-bond donors (Lipinski definition) is 2. The zero-order chi connectivity index (χ0) is 16.8. The Labute approximate surface area is 147 Å². The molecule has 2 N–H and O–H groups in total. The van der Waals surface area contributed by atoms with Crippen molar-refractivity contribution in [2.75, 3.05) is 13.6 Å². The van der Waals surface area contributed by atoms with Crippen LogP contribution >= 0.6 is 23.2 Å². The second-order valence-corrected chi connectivity index (χ2v) is 6.65. The minimum Gasteiger partial charge on any atom is -0.345 e. The van der Waals surface area contributed by atoms with Crippen LogP contribution in [-0.4, -0.2) is 19.5 Å². The van der Waals surface area contributed by atoms with Gasteiger partial charge in [0, 0.05) is 15.6 Å². The van der Waals surface area contributed by atoms with Gasteiger partial charge in [-0.15, -0.1) is 0 Å². The maximum Gasteiger partial charge on any atom is 0.275 e. The van der Waals surface area contributed by atoms with Gasteiger partial charge in [-0.05, 0) is 36.8 Å². The summed E-state index contributed by atoms with van der Waals surface area (Å²) in [5.41, 5.74) is 2.16. The van der Waals surface area contributed by atoms with E-state index >= 15 is 0 Å². The van der Waals surface area contributed by atoms with Crippen LogP contribution in [0, 0.1) is 0 Å². The van der Waals surface area contributed by atoms with Crippen molar-refractivity contribution < 1.29 is 9.69 Å². The first-order chi connectivity index (χ1) is 10.9. The van der Waals surface area contributed by atoms with Crippen LogP contribution in [0.25, 0.3) is 0 Å². The summed E-state index contributed by atoms with van der Waals surface area (Å²) in [6.45, 7) is 3.14. The number of halogens is 2. The topological polar surface area (TPSA) is 33.5 Å². The molecule has 5 heteroatoms. The predicted molar refractivity (Wildman–Crippen MR) is 94.9 cm³/mol. The zero-order valence-electron chi connectivity index (χ0n) is 13.3. The average molecular weight is 352 g/mol. The lowest BCUT2D eigenvalue weighted by molar-refractivity contribution is -0.885. The van der Waals surface area contributed by atoms with Gasteiger partial charge in [-0.25, -0.2) is 0 Å². The van der Waals surface area contributed by atoms with Crippen LogP contribution in [0.15, 0.2) is 48.5 Å². The van der Waals surface area contributed by atoms with Crippen molar-refractivity contribution in [2.24, 2.45) is 0 Å². The average Bonchev–Trinajstić information content (AvgIpc) is 2.49. The van der Waals surface area contributed by atoms with Crippen LogP contribution < -0.4 is 10.2 Å². The Bertz CT molecular complexity index is 658. The number of hydrogen-bond acceptors (Lipinski definition) is 1. The molecule has 1 unspecified atom stereocenters. The van der Waals surface area contributed by atoms with Gasteiger partial charge in [0.2, 0.25) is 0 Å². The maximum absolute atomic E-state index is 12.2. The molecule has 0 fully saturated rings. The normalized spacial score (nSPS) is 13.4. The standard InChI is InChI=1S/C18H20Cl2N2O/c1-13(15-4-3-5-17(20)10-15)21-18(23)12-22(2)11-14-6-8-16(19)9-7-14/h3-10,13H,11-12H2,1-2H3,(H,21,23)/p+1/t13-/m0/s1. The van der Waals surface area contributed by atoms with Crippen molar-refractivity contribution in [1.29, 1.82) is 0 Å². The van der Waals surface area contributed by atoms with Gasteiger partial charge in [0.15, 0.2) is 6.54 Å². The van der Waals surface area contributed by atoms with Gasteiger partial charge in [-0.3, -0.25) is 4.79 Å². The number of rotatable bonds is 6. The number of nitrogens with one attached hydrogen (secondary N) is 2. The number of quaternary nitrogens is 1. The predicted octanol–water partition coefficient (Wildman–Crippen LogP) is 2.89. The Morgan fingerprint density at radius 3 is 2.48 bits per heavy atom. The van der Waals surface area contributed by atoms with E-state index in [-0.39, 0.29) is 11.9 Å². The summed E-state index contributed by atoms with van der Waals surface area (Å²) in [7, 11) is 2.00. The molecule has 2 aromatic rings. The van der Waals surface area contributed by atoms with Gasteiger partial charge in [-0.2, -0.15) is 0 Å². The Morgan fingerprint density at radius 1 is 1.13 bits per heavy atom. The highest BCUT2D eigenvalue weighted by Gasteiger charge is 2.14. The van der Waals surface area contributed by atoms with E-state index in [0.717, 1.165) is 27.6 Å². The molecule has 0 heterocycles. The summed E-state index contributed by atoms with van der Waals surface area (Å²) in [4.78, 5) is 13.3. The van der Waals surface area contributed by atoms with Crippen molar-refractivity contribution >= 4 is 29.1 Å². The third kappa shape index (κ3) is 5.87. The highest BCUT2D eigenvalue weighted by atomic mass is 35.5. The Balaban J connectivity index is 1.85. The Morgan fingerprint density at radius 2 is 1.83 bits per heavy atom. The molecule has 23 heavy (non-hydrogen) atoms. The van der Waals surface area contributed by atoms with Crippen molar-refractivity contribution in [2.45, 2.75) is 19.5 Å². The van der Waals surface area contributed by atoms with Crippen molar-refractivity contribution in [1.82, 2.24) is 5.32 Å². The van der Waals surface area contributed by atoms with Gasteiger partial charge in [-0.1, -0.05) is 47.5 Å². The molecule has 0 radical (unpaired) electrons. The molecule has 2 aromatic carbocycles. The highest BCUT2D eigenvalue weighted by Crippen LogP contribution is 2.17. The first-order valence-electron chi connectivity index (χ1n) is 7.54. The Hall–Kier alpha value is -1.55. The lowest BCUT2D eigenvalue weighted by Gasteiger charge is -2.17. The molecule has 0 aliphatic rings. The summed E-state index contributed by atoms with van der Waals surface area (Å²) in [5.74, 6) is 0.0175. The van der Waals surface area contributed by atoms with Gasteiger partial charge in [0.25, 0.3) is 5.91 Å². The largest absolute Gasteiger partial charge is 0.345 e. The van der Waals surface area contributed by atoms with Crippen molar-refractivity contribution in [3.8, 4) is 0 Å². The first kappa shape index (κ1) is 17.8. The zero-order valence-corrected chi connectivity index (χ0v) is 14.8. The van der Waals surface area contributed by atoms with E-state index in [1.165, 1.54) is 0 Å². The second kappa shape index (κ2) is 8.34. The van der Waals surface area contributed by atoms with E-state index in [2.05, 4.69) is 5.32 Å². The van der Waals surface area contributed by atoms with E-state index in [1.54, 1.807) is 0 Å². The third-order valence-electron chi connectivity index (χ3n) is 3.61. The monoisotopic (exact) mass is 351 g/mol. The molecule has 1 amide bonds. The third-order valence-corrected chi connectivity index (χ3v) is 4.09. The first-order valence-corrected chi connectivity index (χ1v) is 8.30. The van der Waals surface area contributed by atoms with Gasteiger partial charge >= 0.3 is 0 Å². The summed E-state index contributed by atoms with van der Waals surface area (Å²) in [5, 5.41) is 4.41. The SMILES string of the molecule is C[C@H](NC(=O)C[NH+](C)Cc1ccc(Cl)cc1)c1cccc(Cl)c1. The van der Waals surface area contributed by atoms with E-state index in [9.17, 15) is 4.79 Å². The fourth-order valence-corrected chi connectivity index (χ4v) is 2.76. The molecule has 3 nitrogen and oxygen atoms in total. The van der Waals surface area contributed by atoms with Crippen LogP contribution in [0.1, 0.15) is 24.1 Å². The summed E-state index contributed by atoms with van der Waals surface area (Å²) in [6, 6.07) is 15.2. The quantitative estimate of drug-likeness (QED) is 0.824. The van der Waals surface area contributed by atoms with Crippen LogP contribution in [0.4, 0.5) is 0 Å². The molecular formula is C18H21Cl2N2O+. The van der Waals surface area contributed by atoms with Crippen molar-refractivity contribution in [3.63, 3.8) is 0 Å². The minimum absolute atomic E-state index is 0.0175. The fourth-order valence-electron chi connectivity index (χ4n) is 2.44. The molecule has 0 bridgehead atoms. The minimum atomic E-state index is -0.0652. The Kier molecular flexibility index (Phi) is 6.46. The fraction of sp³-hybridized carbons (Fsp3) is 0.278. The van der Waals surface area contributed by atoms with Crippen molar-refractivity contribution in [3.05, 3.63) is 69.7 Å². The number of benzene rings is 2. The van der Waals surface area contributed by atoms with Crippen LogP contribution in [0.3, 0.4) is 0 Å². The number of likely N-dealkylation sites (N-methyl/N-ethyl adjacent to an activating group) is 1. The molecule has 0 aliphatic heterocycles. The molecular weight excluding hydrogens is 331 g/mol. The summed E-state index contributed by atoms with van der Waals surface area (Å²) >= 11 is 11.9. The summed E-state index contributed by atoms with van der Waals surface area (Å²) < 4.78 is 0. The van der Waals surface area contributed by atoms with Gasteiger partial charge in [0.1, 0.15) is 6.54 Å². The molecule has 0 aliphatic carbocycles. The van der Waals surface area contributed by atoms with Gasteiger partial charge < -0.3 is 10.2 Å². The van der Waals surface area contributed by atoms with Crippen LogP contribution in [-0.2, 0) is 11.3 Å². The smallest absolute Gasteiger partial charge is 0.275 e. The van der Waals surface area contributed by atoms with E-state index in [4.69, 9.17) is 23.2 Å². The van der Waals surface area contributed by atoms with Crippen LogP contribution in [0.2, 0.25) is 10.0 Å². The number of carbonyl (C=O) groups is 1. The maximum atomic E-state index is 12.2. The second-order valence-electron chi connectivity index (χ2n) is 5.78. The molecule has 0 saturated heterocycles. The molecule has 2 atom stereocenters. The van der Waals surface area contributed by atoms with Crippen LogP contribution in [0.5, 0.6) is 0 Å².